The molecule has 0 amide bonds. The highest BCUT2D eigenvalue weighted by Gasteiger charge is 2.46. The minimum atomic E-state index is -2.92. The summed E-state index contributed by atoms with van der Waals surface area (Å²) in [5.41, 5.74) is 8.54. The summed E-state index contributed by atoms with van der Waals surface area (Å²) in [7, 11) is -2.92. The summed E-state index contributed by atoms with van der Waals surface area (Å²) in [6.07, 6.45) is 7.41. The first-order chi connectivity index (χ1) is 17.0. The number of sulfone groups is 1. The van der Waals surface area contributed by atoms with Gasteiger partial charge in [-0.05, 0) is 73.6 Å². The molecular formula is C27H35N5O2S2. The lowest BCUT2D eigenvalue weighted by molar-refractivity contribution is 0.211. The molecule has 1 saturated carbocycles. The van der Waals surface area contributed by atoms with E-state index in [1.165, 1.54) is 55.7 Å². The second-order valence-electron chi connectivity index (χ2n) is 11.3. The summed E-state index contributed by atoms with van der Waals surface area (Å²) < 4.78 is 25.2. The van der Waals surface area contributed by atoms with Gasteiger partial charge in [0.05, 0.1) is 11.4 Å². The monoisotopic (exact) mass is 525 g/mol. The van der Waals surface area contributed by atoms with E-state index in [4.69, 9.17) is 0 Å². The first kappa shape index (κ1) is 24.1. The van der Waals surface area contributed by atoms with Crippen molar-refractivity contribution >= 4 is 37.0 Å². The highest BCUT2D eigenvalue weighted by molar-refractivity contribution is 7.90. The zero-order valence-electron chi connectivity index (χ0n) is 21.9. The second kappa shape index (κ2) is 8.39. The van der Waals surface area contributed by atoms with Crippen molar-refractivity contribution in [2.75, 3.05) is 25.1 Å². The molecule has 6 rings (SSSR count). The molecule has 9 heteroatoms. The molecule has 192 valence electrons. The first-order valence-electron chi connectivity index (χ1n) is 12.9. The van der Waals surface area contributed by atoms with Gasteiger partial charge < -0.3 is 4.98 Å². The Hall–Kier alpha value is -2.23. The summed E-state index contributed by atoms with van der Waals surface area (Å²) >= 11 is 1.94. The van der Waals surface area contributed by atoms with Gasteiger partial charge in [0.15, 0.2) is 5.65 Å². The molecule has 2 fully saturated rings. The van der Waals surface area contributed by atoms with Crippen LogP contribution >= 0.6 is 11.3 Å². The van der Waals surface area contributed by atoms with E-state index in [9.17, 15) is 8.42 Å². The second-order valence-corrected chi connectivity index (χ2v) is 14.6. The van der Waals surface area contributed by atoms with Gasteiger partial charge in [0.2, 0.25) is 0 Å². The predicted molar refractivity (Wildman–Crippen MR) is 147 cm³/mol. The van der Waals surface area contributed by atoms with Crippen LogP contribution in [0, 0.1) is 26.7 Å². The fourth-order valence-corrected chi connectivity index (χ4v) is 8.77. The summed E-state index contributed by atoms with van der Waals surface area (Å²) in [6.45, 7) is 12.9. The first-order valence-corrected chi connectivity index (χ1v) is 15.8. The molecule has 1 aliphatic heterocycles. The van der Waals surface area contributed by atoms with Crippen molar-refractivity contribution in [2.24, 2.45) is 5.92 Å². The number of rotatable bonds is 6. The van der Waals surface area contributed by atoms with Crippen molar-refractivity contribution in [3.05, 3.63) is 39.7 Å². The van der Waals surface area contributed by atoms with Crippen molar-refractivity contribution in [1.82, 2.24) is 24.5 Å². The zero-order chi connectivity index (χ0) is 25.5. The maximum atomic E-state index is 11.7. The minimum Gasteiger partial charge on any atom is -0.346 e. The summed E-state index contributed by atoms with van der Waals surface area (Å²) in [5.74, 6) is 1.85. The molecule has 2 bridgehead atoms. The van der Waals surface area contributed by atoms with Crippen LogP contribution in [0.3, 0.4) is 0 Å². The highest BCUT2D eigenvalue weighted by Crippen LogP contribution is 2.53. The molecule has 0 spiro atoms. The number of fused-ring (bicyclic) bond motifs is 4. The van der Waals surface area contributed by atoms with Crippen LogP contribution in [0.1, 0.15) is 65.7 Å². The average molecular weight is 526 g/mol. The largest absolute Gasteiger partial charge is 0.346 e. The van der Waals surface area contributed by atoms with E-state index in [0.29, 0.717) is 30.3 Å². The van der Waals surface area contributed by atoms with Crippen molar-refractivity contribution < 1.29 is 8.42 Å². The fourth-order valence-electron chi connectivity index (χ4n) is 6.77. The Bertz CT molecular complexity index is 1590. The summed E-state index contributed by atoms with van der Waals surface area (Å²) in [6, 6.07) is 0.516. The van der Waals surface area contributed by atoms with Gasteiger partial charge in [-0.2, -0.15) is 5.10 Å². The van der Waals surface area contributed by atoms with Gasteiger partial charge in [-0.25, -0.2) is 17.9 Å². The molecule has 4 aromatic heterocycles. The molecule has 1 N–H and O–H groups in total. The molecule has 3 atom stereocenters. The zero-order valence-corrected chi connectivity index (χ0v) is 23.6. The van der Waals surface area contributed by atoms with Crippen molar-refractivity contribution in [1.29, 1.82) is 0 Å². The number of hydrogen-bond acceptors (Lipinski definition) is 6. The number of nitrogens with one attached hydrogen (secondary N) is 1. The van der Waals surface area contributed by atoms with Crippen molar-refractivity contribution in [3.63, 3.8) is 0 Å². The van der Waals surface area contributed by atoms with Crippen LogP contribution in [0.5, 0.6) is 0 Å². The van der Waals surface area contributed by atoms with Crippen molar-refractivity contribution in [3.8, 4) is 11.3 Å². The van der Waals surface area contributed by atoms with Crippen molar-refractivity contribution in [2.45, 2.75) is 65.3 Å². The highest BCUT2D eigenvalue weighted by atomic mass is 32.2. The van der Waals surface area contributed by atoms with Crippen LogP contribution in [0.25, 0.3) is 27.1 Å². The van der Waals surface area contributed by atoms with E-state index in [1.807, 2.05) is 15.9 Å². The third-order valence-corrected chi connectivity index (χ3v) is 10.9. The number of piperidine rings is 1. The van der Waals surface area contributed by atoms with Gasteiger partial charge in [0, 0.05) is 47.4 Å². The van der Waals surface area contributed by atoms with Crippen LogP contribution in [0.15, 0.2) is 12.5 Å². The lowest BCUT2D eigenvalue weighted by Crippen LogP contribution is -2.37. The number of aromatic amines is 1. The van der Waals surface area contributed by atoms with Gasteiger partial charge in [-0.3, -0.25) is 4.90 Å². The summed E-state index contributed by atoms with van der Waals surface area (Å²) in [4.78, 5) is 13.5. The third-order valence-electron chi connectivity index (χ3n) is 8.68. The number of aromatic nitrogens is 4. The number of likely N-dealkylation sites (tertiary alicyclic amines) is 1. The molecule has 5 heterocycles. The summed E-state index contributed by atoms with van der Waals surface area (Å²) in [5, 5.41) is 5.81. The molecule has 36 heavy (non-hydrogen) atoms. The Kier molecular flexibility index (Phi) is 5.63. The normalized spacial score (nSPS) is 22.7. The van der Waals surface area contributed by atoms with Crippen LogP contribution in [-0.2, 0) is 9.84 Å². The Balaban J connectivity index is 1.37. The standard InChI is InChI=1S/C27H35N5O2S2/c1-14(2)22-23-17(5)25(20-10-19-9-18(20)11-31(19)7-8-36(6,33)34)35-27(23)30-24(22)21-12-32-26(28-13-29-32)16(4)15(21)3/h12-14,18-20,30H,7-11H2,1-6H3/t18-,19-,20+/m0/s1. The van der Waals surface area contributed by atoms with Crippen LogP contribution in [0.2, 0.25) is 0 Å². The van der Waals surface area contributed by atoms with Crippen LogP contribution in [-0.4, -0.2) is 64.0 Å². The van der Waals surface area contributed by atoms with Crippen LogP contribution in [0.4, 0.5) is 0 Å². The lowest BCUT2D eigenvalue weighted by atomic mass is 9.88. The minimum absolute atomic E-state index is 0.266. The quantitative estimate of drug-likeness (QED) is 0.374. The van der Waals surface area contributed by atoms with E-state index in [1.54, 1.807) is 6.33 Å². The smallest absolute Gasteiger partial charge is 0.158 e. The maximum absolute atomic E-state index is 11.7. The molecule has 0 aromatic carbocycles. The van der Waals surface area contributed by atoms with Crippen LogP contribution < -0.4 is 0 Å². The van der Waals surface area contributed by atoms with E-state index in [-0.39, 0.29) is 5.75 Å². The molecule has 1 saturated heterocycles. The number of nitrogens with zero attached hydrogens (tertiary/aromatic N) is 4. The molecule has 4 aromatic rings. The molecule has 7 nitrogen and oxygen atoms in total. The molecule has 0 radical (unpaired) electrons. The number of pyridine rings is 1. The molecule has 1 aliphatic carbocycles. The number of H-pyrrole nitrogens is 1. The third kappa shape index (κ3) is 3.73. The number of thiophene rings is 1. The number of aryl methyl sites for hydroxylation is 2. The Morgan fingerprint density at radius 3 is 2.61 bits per heavy atom. The maximum Gasteiger partial charge on any atom is 0.158 e. The van der Waals surface area contributed by atoms with Gasteiger partial charge in [-0.1, -0.05) is 13.8 Å². The predicted octanol–water partition coefficient (Wildman–Crippen LogP) is 5.21. The Morgan fingerprint density at radius 2 is 1.94 bits per heavy atom. The Morgan fingerprint density at radius 1 is 1.17 bits per heavy atom. The van der Waals surface area contributed by atoms with Gasteiger partial charge >= 0.3 is 0 Å². The molecule has 0 unspecified atom stereocenters. The molecular weight excluding hydrogens is 490 g/mol. The van der Waals surface area contributed by atoms with Gasteiger partial charge in [-0.15, -0.1) is 11.3 Å². The van der Waals surface area contributed by atoms with E-state index in [0.717, 1.165) is 24.2 Å². The van der Waals surface area contributed by atoms with E-state index in [2.05, 4.69) is 60.8 Å². The van der Waals surface area contributed by atoms with E-state index < -0.39 is 9.84 Å². The topological polar surface area (TPSA) is 83.4 Å². The SMILES string of the molecule is Cc1c(-c2[nH]c3sc([C@@H]4C[C@@H]5C[C@H]4CN5CCS(C)(=O)=O)c(C)c3c2C(C)C)cn2ncnc2c1C. The lowest BCUT2D eigenvalue weighted by Gasteiger charge is -2.31. The van der Waals surface area contributed by atoms with Gasteiger partial charge in [0.1, 0.15) is 21.0 Å². The van der Waals surface area contributed by atoms with E-state index >= 15 is 0 Å². The average Bonchev–Trinajstić information content (AvgIpc) is 3.60. The molecule has 2 aliphatic rings. The fraction of sp³-hybridized carbons (Fsp3) is 0.556. The van der Waals surface area contributed by atoms with Gasteiger partial charge in [0.25, 0.3) is 0 Å². The Labute approximate surface area is 216 Å². The number of hydrogen-bond donors (Lipinski definition) is 1.